The Bertz CT molecular complexity index is 214. The molecule has 0 aliphatic rings. The summed E-state index contributed by atoms with van der Waals surface area (Å²) >= 11 is 0. The number of hydrogen-bond acceptors (Lipinski definition) is 3. The predicted molar refractivity (Wildman–Crippen MR) is 71.7 cm³/mol. The molecule has 0 heterocycles. The summed E-state index contributed by atoms with van der Waals surface area (Å²) in [7, 11) is -13.9. The van der Waals surface area contributed by atoms with E-state index in [1.807, 2.05) is 0 Å². The minimum atomic E-state index is -4.64. The average molecular weight is 427 g/mol. The van der Waals surface area contributed by atoms with Crippen LogP contribution in [-0.2, 0) is 13.7 Å². The van der Waals surface area contributed by atoms with Crippen molar-refractivity contribution < 1.29 is 57.7 Å². The number of phosphoric acid groups is 3. The van der Waals surface area contributed by atoms with E-state index in [2.05, 4.69) is 0 Å². The van der Waals surface area contributed by atoms with Gasteiger partial charge in [0.05, 0.1) is 0 Å². The molecule has 0 bridgehead atoms. The Hall–Kier alpha value is 2.20. The van der Waals surface area contributed by atoms with Crippen LogP contribution in [0.4, 0.5) is 0 Å². The van der Waals surface area contributed by atoms with Gasteiger partial charge in [0.15, 0.2) is 0 Å². The maximum atomic E-state index is 8.88. The SMILES string of the molecule is Cl.Cl.Cl.O=P(O)(O)O.O=P(O)(O)O.O=P(O)(O)O.[NaH]. The van der Waals surface area contributed by atoms with Crippen molar-refractivity contribution in [1.82, 2.24) is 0 Å². The van der Waals surface area contributed by atoms with Crippen molar-refractivity contribution in [3.8, 4) is 0 Å². The molecule has 0 fully saturated rings. The zero-order chi connectivity index (χ0) is 13.5. The second-order valence-electron chi connectivity index (χ2n) is 1.54. The molecule has 0 aromatic carbocycles. The van der Waals surface area contributed by atoms with Crippen LogP contribution in [0.25, 0.3) is 0 Å². The Labute approximate surface area is 147 Å². The van der Waals surface area contributed by atoms with Gasteiger partial charge in [-0.05, 0) is 0 Å². The van der Waals surface area contributed by atoms with E-state index >= 15 is 0 Å². The topological polar surface area (TPSA) is 233 Å². The number of rotatable bonds is 0. The first-order valence-corrected chi connectivity index (χ1v) is 7.04. The van der Waals surface area contributed by atoms with Crippen LogP contribution in [0, 0.1) is 0 Å². The minimum absolute atomic E-state index is 0. The summed E-state index contributed by atoms with van der Waals surface area (Å²) in [6.07, 6.45) is 0. The van der Waals surface area contributed by atoms with Gasteiger partial charge >= 0.3 is 53.0 Å². The molecule has 0 spiro atoms. The molecule has 19 heteroatoms. The van der Waals surface area contributed by atoms with Gasteiger partial charge in [-0.15, -0.1) is 37.2 Å². The zero-order valence-corrected chi connectivity index (χ0v) is 12.9. The molecule has 0 radical (unpaired) electrons. The number of halogens is 3. The summed E-state index contributed by atoms with van der Waals surface area (Å²) in [5.74, 6) is 0. The average Bonchev–Trinajstić information content (AvgIpc) is 1.41. The molecule has 0 unspecified atom stereocenters. The fraction of sp³-hybridized carbons (Fsp3) is 0. The van der Waals surface area contributed by atoms with Gasteiger partial charge in [0.1, 0.15) is 0 Å². The molecule has 0 aromatic heterocycles. The van der Waals surface area contributed by atoms with E-state index in [1.165, 1.54) is 0 Å². The van der Waals surface area contributed by atoms with Crippen LogP contribution in [0.2, 0.25) is 0 Å². The van der Waals surface area contributed by atoms with Crippen molar-refractivity contribution >= 4 is 90.2 Å². The third-order valence-corrected chi connectivity index (χ3v) is 0. The molecule has 19 heavy (non-hydrogen) atoms. The molecular formula is H13Cl3NaO12P3. The van der Waals surface area contributed by atoms with E-state index in [1.54, 1.807) is 0 Å². The number of hydrogen-bond donors (Lipinski definition) is 9. The Morgan fingerprint density at radius 2 is 0.421 bits per heavy atom. The van der Waals surface area contributed by atoms with E-state index in [9.17, 15) is 0 Å². The summed E-state index contributed by atoms with van der Waals surface area (Å²) in [5, 5.41) is 0. The normalized spacial score (nSPS) is 9.32. The molecular weight excluding hydrogens is 414 g/mol. The molecule has 0 saturated carbocycles. The molecule has 9 N–H and O–H groups in total. The third kappa shape index (κ3) is 1380. The van der Waals surface area contributed by atoms with Gasteiger partial charge in [-0.3, -0.25) is 0 Å². The van der Waals surface area contributed by atoms with E-state index in [0.29, 0.717) is 0 Å². The standard InChI is InChI=1S/3ClH.Na.3H3O4P.H/c;;;;3*1-5(2,3)4;/h3*1H;;3*(H3,1,2,3,4);. The third-order valence-electron chi connectivity index (χ3n) is 0. The molecule has 0 aromatic rings. The summed E-state index contributed by atoms with van der Waals surface area (Å²) in [5.41, 5.74) is 0. The Morgan fingerprint density at radius 1 is 0.421 bits per heavy atom. The molecule has 0 atom stereocenters. The van der Waals surface area contributed by atoms with Crippen LogP contribution in [0.1, 0.15) is 0 Å². The van der Waals surface area contributed by atoms with Crippen molar-refractivity contribution in [2.45, 2.75) is 0 Å². The second kappa shape index (κ2) is 18.2. The van der Waals surface area contributed by atoms with Gasteiger partial charge in [0.25, 0.3) is 0 Å². The Kier molecular flexibility index (Phi) is 41.2. The fourth-order valence-corrected chi connectivity index (χ4v) is 0. The van der Waals surface area contributed by atoms with Gasteiger partial charge in [0.2, 0.25) is 0 Å². The van der Waals surface area contributed by atoms with Crippen molar-refractivity contribution in [1.29, 1.82) is 0 Å². The second-order valence-corrected chi connectivity index (χ2v) is 4.62. The van der Waals surface area contributed by atoms with E-state index in [0.717, 1.165) is 0 Å². The molecule has 122 valence electrons. The summed E-state index contributed by atoms with van der Waals surface area (Å²) in [6, 6.07) is 0. The molecule has 0 rings (SSSR count). The van der Waals surface area contributed by atoms with Gasteiger partial charge in [-0.2, -0.15) is 0 Å². The van der Waals surface area contributed by atoms with E-state index in [4.69, 9.17) is 57.7 Å². The first kappa shape index (κ1) is 42.9. The van der Waals surface area contributed by atoms with Crippen molar-refractivity contribution in [3.63, 3.8) is 0 Å². The van der Waals surface area contributed by atoms with Gasteiger partial charge in [0, 0.05) is 0 Å². The molecule has 0 aliphatic heterocycles. The van der Waals surface area contributed by atoms with Crippen LogP contribution in [0.3, 0.4) is 0 Å². The van der Waals surface area contributed by atoms with Crippen molar-refractivity contribution in [3.05, 3.63) is 0 Å². The quantitative estimate of drug-likeness (QED) is 0.148. The van der Waals surface area contributed by atoms with Crippen LogP contribution < -0.4 is 0 Å². The first-order valence-electron chi connectivity index (χ1n) is 2.35. The monoisotopic (exact) mass is 426 g/mol. The van der Waals surface area contributed by atoms with Crippen LogP contribution in [0.15, 0.2) is 0 Å². The fourth-order valence-electron chi connectivity index (χ4n) is 0. The Balaban J connectivity index is -0.0000000206. The van der Waals surface area contributed by atoms with Gasteiger partial charge in [-0.1, -0.05) is 0 Å². The van der Waals surface area contributed by atoms with Crippen LogP contribution >= 0.6 is 60.7 Å². The van der Waals surface area contributed by atoms with Crippen molar-refractivity contribution in [2.75, 3.05) is 0 Å². The van der Waals surface area contributed by atoms with Gasteiger partial charge < -0.3 is 44.0 Å². The van der Waals surface area contributed by atoms with Crippen LogP contribution in [0.5, 0.6) is 0 Å². The molecule has 0 saturated heterocycles. The summed E-state index contributed by atoms with van der Waals surface area (Å²) in [6.45, 7) is 0. The van der Waals surface area contributed by atoms with Gasteiger partial charge in [-0.25, -0.2) is 13.7 Å². The zero-order valence-electron chi connectivity index (χ0n) is 7.82. The molecule has 0 aliphatic carbocycles. The molecule has 0 amide bonds. The van der Waals surface area contributed by atoms with Crippen molar-refractivity contribution in [2.24, 2.45) is 0 Å². The molecule has 12 nitrogen and oxygen atoms in total. The van der Waals surface area contributed by atoms with Crippen LogP contribution in [-0.4, -0.2) is 73.6 Å². The maximum absolute atomic E-state index is 8.88. The van der Waals surface area contributed by atoms with E-state index in [-0.39, 0.29) is 66.8 Å². The Morgan fingerprint density at radius 3 is 0.421 bits per heavy atom. The summed E-state index contributed by atoms with van der Waals surface area (Å²) < 4.78 is 26.6. The summed E-state index contributed by atoms with van der Waals surface area (Å²) in [4.78, 5) is 64.7. The first-order chi connectivity index (χ1) is 6.00. The predicted octanol–water partition coefficient (Wildman–Crippen LogP) is -2.17. The van der Waals surface area contributed by atoms with E-state index < -0.39 is 23.5 Å².